The maximum absolute atomic E-state index is 13.5. The van der Waals surface area contributed by atoms with E-state index < -0.39 is 0 Å². The average molecular weight is 445 g/mol. The molecular weight excluding hydrogens is 418 g/mol. The number of hydrogen-bond donors (Lipinski definition) is 0. The molecule has 3 aromatic rings. The van der Waals surface area contributed by atoms with Crippen molar-refractivity contribution < 1.29 is 13.6 Å². The highest BCUT2D eigenvalue weighted by molar-refractivity contribution is 5.88. The molecule has 3 aromatic carbocycles. The van der Waals surface area contributed by atoms with E-state index in [0.717, 1.165) is 16.7 Å². The van der Waals surface area contributed by atoms with Crippen molar-refractivity contribution in [3.8, 4) is 0 Å². The first-order valence-electron chi connectivity index (χ1n) is 11.0. The van der Waals surface area contributed by atoms with Crippen molar-refractivity contribution in [2.24, 2.45) is 0 Å². The van der Waals surface area contributed by atoms with Crippen molar-refractivity contribution in [1.29, 1.82) is 0 Å². The zero-order chi connectivity index (χ0) is 23.0. The van der Waals surface area contributed by atoms with Gasteiger partial charge in [-0.15, -0.1) is 0 Å². The summed E-state index contributed by atoms with van der Waals surface area (Å²) in [6, 6.07) is 22.6. The zero-order valence-electron chi connectivity index (χ0n) is 18.3. The Labute approximate surface area is 193 Å². The molecule has 0 N–H and O–H groups in total. The predicted molar refractivity (Wildman–Crippen MR) is 127 cm³/mol. The third-order valence-corrected chi connectivity index (χ3v) is 5.80. The molecule has 0 atom stereocenters. The highest BCUT2D eigenvalue weighted by atomic mass is 19.1. The molecule has 0 spiro atoms. The minimum atomic E-state index is -0.292. The normalized spacial score (nSPS) is 15.1. The van der Waals surface area contributed by atoms with Crippen LogP contribution >= 0.6 is 0 Å². The van der Waals surface area contributed by atoms with E-state index in [1.165, 1.54) is 24.3 Å². The molecule has 0 saturated carbocycles. The van der Waals surface area contributed by atoms with Crippen LogP contribution in [0.1, 0.15) is 22.7 Å². The lowest BCUT2D eigenvalue weighted by molar-refractivity contribution is -0.127. The monoisotopic (exact) mass is 444 g/mol. The number of allylic oxidation sites excluding steroid dienone is 2. The van der Waals surface area contributed by atoms with Crippen LogP contribution in [-0.2, 0) is 4.79 Å². The number of carbonyl (C=O) groups is 1. The molecule has 0 aromatic heterocycles. The van der Waals surface area contributed by atoms with Crippen molar-refractivity contribution in [2.75, 3.05) is 26.2 Å². The fourth-order valence-electron chi connectivity index (χ4n) is 4.08. The van der Waals surface area contributed by atoms with Gasteiger partial charge in [-0.05, 0) is 41.0 Å². The number of piperazine rings is 1. The summed E-state index contributed by atoms with van der Waals surface area (Å²) in [5, 5.41) is 0. The Morgan fingerprint density at radius 2 is 1.27 bits per heavy atom. The van der Waals surface area contributed by atoms with Crippen molar-refractivity contribution in [2.45, 2.75) is 6.04 Å². The number of benzene rings is 3. The van der Waals surface area contributed by atoms with Gasteiger partial charge in [-0.3, -0.25) is 9.69 Å². The van der Waals surface area contributed by atoms with Gasteiger partial charge in [0.15, 0.2) is 0 Å². The molecule has 1 heterocycles. The second kappa shape index (κ2) is 10.8. The van der Waals surface area contributed by atoms with E-state index in [1.54, 1.807) is 36.4 Å². The topological polar surface area (TPSA) is 23.6 Å². The van der Waals surface area contributed by atoms with Gasteiger partial charge in [0.1, 0.15) is 11.6 Å². The number of amides is 1. The third kappa shape index (κ3) is 6.02. The molecule has 1 aliphatic rings. The van der Waals surface area contributed by atoms with Crippen molar-refractivity contribution >= 4 is 12.0 Å². The summed E-state index contributed by atoms with van der Waals surface area (Å²) in [5.41, 5.74) is 2.96. The van der Waals surface area contributed by atoms with Crippen LogP contribution in [0.3, 0.4) is 0 Å². The third-order valence-electron chi connectivity index (χ3n) is 5.80. The molecule has 1 saturated heterocycles. The molecule has 0 radical (unpaired) electrons. The second-order valence-electron chi connectivity index (χ2n) is 8.00. The number of halogens is 2. The Hall–Kier alpha value is -3.57. The summed E-state index contributed by atoms with van der Waals surface area (Å²) in [7, 11) is 0. The second-order valence-corrected chi connectivity index (χ2v) is 8.00. The van der Waals surface area contributed by atoms with Crippen LogP contribution in [0.2, 0.25) is 0 Å². The van der Waals surface area contributed by atoms with Crippen LogP contribution in [0.25, 0.3) is 6.08 Å². The highest BCUT2D eigenvalue weighted by Gasteiger charge is 2.27. The van der Waals surface area contributed by atoms with Crippen LogP contribution in [-0.4, -0.2) is 41.9 Å². The van der Waals surface area contributed by atoms with Crippen LogP contribution < -0.4 is 0 Å². The first kappa shape index (κ1) is 22.6. The summed E-state index contributed by atoms with van der Waals surface area (Å²) >= 11 is 0. The smallest absolute Gasteiger partial charge is 0.246 e. The van der Waals surface area contributed by atoms with E-state index in [4.69, 9.17) is 0 Å². The molecule has 1 aliphatic heterocycles. The summed E-state index contributed by atoms with van der Waals surface area (Å²) in [5.74, 6) is -0.604. The van der Waals surface area contributed by atoms with Crippen LogP contribution in [0, 0.1) is 11.6 Å². The Balaban J connectivity index is 1.41. The number of rotatable bonds is 6. The van der Waals surface area contributed by atoms with E-state index >= 15 is 0 Å². The van der Waals surface area contributed by atoms with Gasteiger partial charge in [-0.1, -0.05) is 72.8 Å². The predicted octanol–water partition coefficient (Wildman–Crippen LogP) is 5.47. The van der Waals surface area contributed by atoms with Gasteiger partial charge in [0.25, 0.3) is 0 Å². The molecule has 4 rings (SSSR count). The van der Waals surface area contributed by atoms with Gasteiger partial charge in [0.2, 0.25) is 5.91 Å². The van der Waals surface area contributed by atoms with E-state index in [2.05, 4.69) is 4.90 Å². The van der Waals surface area contributed by atoms with Crippen LogP contribution in [0.4, 0.5) is 8.78 Å². The zero-order valence-corrected chi connectivity index (χ0v) is 18.3. The van der Waals surface area contributed by atoms with E-state index in [-0.39, 0.29) is 23.6 Å². The molecule has 0 unspecified atom stereocenters. The minimum Gasteiger partial charge on any atom is -0.337 e. The Morgan fingerprint density at radius 3 is 1.82 bits per heavy atom. The molecule has 168 valence electrons. The lowest BCUT2D eigenvalue weighted by atomic mass is 9.96. The number of nitrogens with zero attached hydrogens (tertiary/aromatic N) is 2. The largest absolute Gasteiger partial charge is 0.337 e. The molecule has 5 heteroatoms. The van der Waals surface area contributed by atoms with Gasteiger partial charge < -0.3 is 4.90 Å². The van der Waals surface area contributed by atoms with Crippen molar-refractivity contribution in [1.82, 2.24) is 9.80 Å². The first-order chi connectivity index (χ1) is 16.1. The molecule has 1 fully saturated rings. The Kier molecular flexibility index (Phi) is 7.43. The van der Waals surface area contributed by atoms with E-state index in [0.29, 0.717) is 26.2 Å². The SMILES string of the molecule is O=C(/C=C/C=C/c1ccccc1)N1CCN(C(c2ccc(F)cc2)c2ccc(F)cc2)CC1. The lowest BCUT2D eigenvalue weighted by Crippen LogP contribution is -2.49. The number of hydrogen-bond acceptors (Lipinski definition) is 2. The quantitative estimate of drug-likeness (QED) is 0.372. The summed E-state index contributed by atoms with van der Waals surface area (Å²) in [4.78, 5) is 16.7. The Bertz CT molecular complexity index is 1060. The standard InChI is InChI=1S/C28H26F2N2O/c29-25-14-10-23(11-15-25)28(24-12-16-26(30)17-13-24)32-20-18-31(19-21-32)27(33)9-5-4-8-22-6-2-1-3-7-22/h1-17,28H,18-21H2/b8-4+,9-5+. The highest BCUT2D eigenvalue weighted by Crippen LogP contribution is 2.30. The van der Waals surface area contributed by atoms with Gasteiger partial charge >= 0.3 is 0 Å². The molecule has 0 aliphatic carbocycles. The average Bonchev–Trinajstić information content (AvgIpc) is 2.85. The summed E-state index contributed by atoms with van der Waals surface area (Å²) < 4.78 is 27.0. The summed E-state index contributed by atoms with van der Waals surface area (Å²) in [6.07, 6.45) is 7.17. The molecule has 1 amide bonds. The fourth-order valence-corrected chi connectivity index (χ4v) is 4.08. The maximum Gasteiger partial charge on any atom is 0.246 e. The van der Waals surface area contributed by atoms with Gasteiger partial charge in [0.05, 0.1) is 6.04 Å². The van der Waals surface area contributed by atoms with Gasteiger partial charge in [-0.25, -0.2) is 8.78 Å². The van der Waals surface area contributed by atoms with Crippen molar-refractivity contribution in [3.63, 3.8) is 0 Å². The van der Waals surface area contributed by atoms with E-state index in [1.807, 2.05) is 47.4 Å². The van der Waals surface area contributed by atoms with Gasteiger partial charge in [-0.2, -0.15) is 0 Å². The molecule has 0 bridgehead atoms. The minimum absolute atomic E-state index is 0.0209. The van der Waals surface area contributed by atoms with Crippen molar-refractivity contribution in [3.05, 3.63) is 125 Å². The Morgan fingerprint density at radius 1 is 0.727 bits per heavy atom. The van der Waals surface area contributed by atoms with Crippen LogP contribution in [0.15, 0.2) is 97.1 Å². The first-order valence-corrected chi connectivity index (χ1v) is 11.0. The number of carbonyl (C=O) groups excluding carboxylic acids is 1. The fraction of sp³-hybridized carbons (Fsp3) is 0.179. The van der Waals surface area contributed by atoms with Gasteiger partial charge in [0, 0.05) is 32.3 Å². The van der Waals surface area contributed by atoms with E-state index in [9.17, 15) is 13.6 Å². The molecule has 33 heavy (non-hydrogen) atoms. The van der Waals surface area contributed by atoms with Crippen LogP contribution in [0.5, 0.6) is 0 Å². The lowest BCUT2D eigenvalue weighted by Gasteiger charge is -2.39. The summed E-state index contributed by atoms with van der Waals surface area (Å²) in [6.45, 7) is 2.51. The molecular formula is C28H26F2N2O. The maximum atomic E-state index is 13.5. The molecule has 3 nitrogen and oxygen atoms in total.